The Bertz CT molecular complexity index is 633. The van der Waals surface area contributed by atoms with Crippen LogP contribution < -0.4 is 5.32 Å². The number of aryl methyl sites for hydroxylation is 2. The van der Waals surface area contributed by atoms with Crippen LogP contribution in [0, 0.1) is 19.7 Å². The lowest BCUT2D eigenvalue weighted by atomic mass is 10.1. The molecule has 112 valence electrons. The average Bonchev–Trinajstić information content (AvgIpc) is 2.40. The van der Waals surface area contributed by atoms with Crippen molar-refractivity contribution in [3.05, 3.63) is 46.0 Å². The molecule has 2 aromatic rings. The maximum absolute atomic E-state index is 13.2. The first-order valence-corrected chi connectivity index (χ1v) is 7.29. The molecule has 0 saturated heterocycles. The molecule has 0 aliphatic carbocycles. The summed E-state index contributed by atoms with van der Waals surface area (Å²) in [5.74, 6) is 0.131. The molecule has 0 fully saturated rings. The van der Waals surface area contributed by atoms with Gasteiger partial charge in [0, 0.05) is 35.1 Å². The number of hydrogen-bond acceptors (Lipinski definition) is 3. The fourth-order valence-electron chi connectivity index (χ4n) is 2.07. The van der Waals surface area contributed by atoms with Gasteiger partial charge in [-0.3, -0.25) is 0 Å². The van der Waals surface area contributed by atoms with E-state index in [0.717, 1.165) is 29.1 Å². The van der Waals surface area contributed by atoms with Crippen LogP contribution in [-0.2, 0) is 6.54 Å². The molecule has 0 unspecified atom stereocenters. The molecule has 0 saturated carbocycles. The van der Waals surface area contributed by atoms with Gasteiger partial charge in [0.25, 0.3) is 0 Å². The van der Waals surface area contributed by atoms with E-state index in [9.17, 15) is 4.39 Å². The summed E-state index contributed by atoms with van der Waals surface area (Å²) in [5, 5.41) is 3.45. The predicted molar refractivity (Wildman–Crippen MR) is 83.9 cm³/mol. The van der Waals surface area contributed by atoms with E-state index in [0.29, 0.717) is 11.9 Å². The van der Waals surface area contributed by atoms with Gasteiger partial charge >= 0.3 is 0 Å². The summed E-state index contributed by atoms with van der Waals surface area (Å²) in [4.78, 5) is 9.04. The second kappa shape index (κ2) is 6.50. The van der Waals surface area contributed by atoms with Gasteiger partial charge in [-0.1, -0.05) is 25.4 Å². The summed E-state index contributed by atoms with van der Waals surface area (Å²) in [6, 6.07) is 4.93. The zero-order valence-electron chi connectivity index (χ0n) is 12.7. The molecule has 21 heavy (non-hydrogen) atoms. The van der Waals surface area contributed by atoms with Gasteiger partial charge in [-0.15, -0.1) is 0 Å². The highest BCUT2D eigenvalue weighted by Crippen LogP contribution is 2.24. The Morgan fingerprint density at radius 1 is 1.19 bits per heavy atom. The summed E-state index contributed by atoms with van der Waals surface area (Å²) in [7, 11) is 0. The van der Waals surface area contributed by atoms with Gasteiger partial charge in [0.2, 0.25) is 0 Å². The second-order valence-electron chi connectivity index (χ2n) is 5.36. The Hall–Kier alpha value is -1.52. The number of aromatic nitrogens is 2. The molecule has 0 atom stereocenters. The molecular weight excluding hydrogens is 289 g/mol. The first-order valence-electron chi connectivity index (χ1n) is 6.91. The Kier molecular flexibility index (Phi) is 4.91. The summed E-state index contributed by atoms with van der Waals surface area (Å²) >= 11 is 5.82. The molecule has 0 aliphatic heterocycles. The Balaban J connectivity index is 2.36. The van der Waals surface area contributed by atoms with Crippen molar-refractivity contribution in [3.63, 3.8) is 0 Å². The van der Waals surface area contributed by atoms with E-state index in [2.05, 4.69) is 29.1 Å². The van der Waals surface area contributed by atoms with Gasteiger partial charge < -0.3 is 5.32 Å². The largest absolute Gasteiger partial charge is 0.310 e. The van der Waals surface area contributed by atoms with Crippen LogP contribution in [0.15, 0.2) is 18.2 Å². The number of benzene rings is 1. The molecule has 5 heteroatoms. The van der Waals surface area contributed by atoms with Gasteiger partial charge in [0.15, 0.2) is 5.82 Å². The lowest BCUT2D eigenvalue weighted by molar-refractivity contribution is 0.583. The quantitative estimate of drug-likeness (QED) is 0.926. The van der Waals surface area contributed by atoms with Gasteiger partial charge in [0.1, 0.15) is 5.82 Å². The van der Waals surface area contributed by atoms with E-state index < -0.39 is 5.82 Å². The van der Waals surface area contributed by atoms with Crippen molar-refractivity contribution >= 4 is 11.6 Å². The van der Waals surface area contributed by atoms with Crippen LogP contribution in [0.3, 0.4) is 0 Å². The zero-order chi connectivity index (χ0) is 15.6. The molecular formula is C16H19ClFN3. The van der Waals surface area contributed by atoms with Gasteiger partial charge in [0.05, 0.1) is 5.02 Å². The first-order chi connectivity index (χ1) is 9.88. The maximum Gasteiger partial charge on any atom is 0.159 e. The van der Waals surface area contributed by atoms with Crippen molar-refractivity contribution in [1.29, 1.82) is 0 Å². The van der Waals surface area contributed by atoms with Crippen molar-refractivity contribution in [3.8, 4) is 11.4 Å². The smallest absolute Gasteiger partial charge is 0.159 e. The van der Waals surface area contributed by atoms with E-state index in [1.807, 2.05) is 13.8 Å². The minimum absolute atomic E-state index is 0.0805. The molecule has 3 nitrogen and oxygen atoms in total. The number of hydrogen-bond donors (Lipinski definition) is 1. The number of nitrogens with one attached hydrogen (secondary N) is 1. The Morgan fingerprint density at radius 2 is 1.81 bits per heavy atom. The van der Waals surface area contributed by atoms with Crippen LogP contribution in [0.25, 0.3) is 11.4 Å². The number of rotatable bonds is 4. The fourth-order valence-corrected chi connectivity index (χ4v) is 2.25. The standard InChI is InChI=1S/C16H19ClFN3/c1-9(2)19-8-13-10(3)20-16(21-11(13)4)12-5-6-15(18)14(17)7-12/h5-7,9,19H,8H2,1-4H3. The highest BCUT2D eigenvalue weighted by Gasteiger charge is 2.11. The topological polar surface area (TPSA) is 37.8 Å². The predicted octanol–water partition coefficient (Wildman–Crippen LogP) is 4.05. The van der Waals surface area contributed by atoms with Crippen molar-refractivity contribution in [2.24, 2.45) is 0 Å². The van der Waals surface area contributed by atoms with E-state index in [1.54, 1.807) is 12.1 Å². The minimum Gasteiger partial charge on any atom is -0.310 e. The summed E-state index contributed by atoms with van der Waals surface area (Å²) in [5.41, 5.74) is 3.66. The molecule has 0 radical (unpaired) electrons. The second-order valence-corrected chi connectivity index (χ2v) is 5.77. The van der Waals surface area contributed by atoms with E-state index in [1.165, 1.54) is 6.07 Å². The van der Waals surface area contributed by atoms with Crippen molar-refractivity contribution in [1.82, 2.24) is 15.3 Å². The third kappa shape index (κ3) is 3.77. The lowest BCUT2D eigenvalue weighted by Crippen LogP contribution is -2.23. The molecule has 1 N–H and O–H groups in total. The average molecular weight is 308 g/mol. The normalized spacial score (nSPS) is 11.2. The van der Waals surface area contributed by atoms with Gasteiger partial charge in [-0.2, -0.15) is 0 Å². The number of nitrogens with zero attached hydrogens (tertiary/aromatic N) is 2. The Labute approximate surface area is 129 Å². The highest BCUT2D eigenvalue weighted by molar-refractivity contribution is 6.31. The maximum atomic E-state index is 13.2. The van der Waals surface area contributed by atoms with Gasteiger partial charge in [-0.05, 0) is 32.0 Å². The monoisotopic (exact) mass is 307 g/mol. The van der Waals surface area contributed by atoms with Crippen molar-refractivity contribution in [2.45, 2.75) is 40.3 Å². The van der Waals surface area contributed by atoms with Crippen LogP contribution in [0.1, 0.15) is 30.8 Å². The lowest BCUT2D eigenvalue weighted by Gasteiger charge is -2.13. The number of halogens is 2. The van der Waals surface area contributed by atoms with Crippen LogP contribution >= 0.6 is 11.6 Å². The molecule has 0 spiro atoms. The SMILES string of the molecule is Cc1nc(-c2ccc(F)c(Cl)c2)nc(C)c1CNC(C)C. The van der Waals surface area contributed by atoms with E-state index >= 15 is 0 Å². The molecule has 0 amide bonds. The van der Waals surface area contributed by atoms with E-state index in [-0.39, 0.29) is 5.02 Å². The molecule has 1 aromatic carbocycles. The van der Waals surface area contributed by atoms with Crippen LogP contribution in [0.4, 0.5) is 4.39 Å². The van der Waals surface area contributed by atoms with E-state index in [4.69, 9.17) is 11.6 Å². The zero-order valence-corrected chi connectivity index (χ0v) is 13.4. The molecule has 1 heterocycles. The molecule has 0 bridgehead atoms. The third-order valence-electron chi connectivity index (χ3n) is 3.29. The fraction of sp³-hybridized carbons (Fsp3) is 0.375. The molecule has 0 aliphatic rings. The third-order valence-corrected chi connectivity index (χ3v) is 3.58. The Morgan fingerprint density at radius 3 is 2.33 bits per heavy atom. The first kappa shape index (κ1) is 15.9. The van der Waals surface area contributed by atoms with Crippen molar-refractivity contribution < 1.29 is 4.39 Å². The van der Waals surface area contributed by atoms with Crippen LogP contribution in [0.5, 0.6) is 0 Å². The van der Waals surface area contributed by atoms with Gasteiger partial charge in [-0.25, -0.2) is 14.4 Å². The minimum atomic E-state index is -0.438. The molecule has 1 aromatic heterocycles. The van der Waals surface area contributed by atoms with Crippen molar-refractivity contribution in [2.75, 3.05) is 0 Å². The summed E-state index contributed by atoms with van der Waals surface area (Å²) in [6.45, 7) is 8.85. The summed E-state index contributed by atoms with van der Waals surface area (Å²) in [6.07, 6.45) is 0. The summed E-state index contributed by atoms with van der Waals surface area (Å²) < 4.78 is 13.2. The van der Waals surface area contributed by atoms with Crippen LogP contribution in [-0.4, -0.2) is 16.0 Å². The molecule has 2 rings (SSSR count). The highest BCUT2D eigenvalue weighted by atomic mass is 35.5. The van der Waals surface area contributed by atoms with Crippen LogP contribution in [0.2, 0.25) is 5.02 Å².